The number of nitrogens with two attached hydrogens (primary N) is 1. The number of hydrogen-bond donors (Lipinski definition) is 2. The van der Waals surface area contributed by atoms with Crippen molar-refractivity contribution in [2.24, 2.45) is 0 Å². The van der Waals surface area contributed by atoms with E-state index >= 15 is 0 Å². The Labute approximate surface area is 97.8 Å². The topological polar surface area (TPSA) is 68.9 Å². The van der Waals surface area contributed by atoms with E-state index in [9.17, 15) is 0 Å². The molecule has 0 saturated carbocycles. The molecule has 2 aromatic rings. The third kappa shape index (κ3) is 1.92. The summed E-state index contributed by atoms with van der Waals surface area (Å²) in [5.74, 6) is 7.11. The highest BCUT2D eigenvalue weighted by Crippen LogP contribution is 2.21. The van der Waals surface area contributed by atoms with Gasteiger partial charge in [-0.25, -0.2) is 9.77 Å². The SMILES string of the molecule is CCOc1cccc(-c2n[nH]c(=S)n2N)c1. The molecule has 0 spiro atoms. The molecule has 0 radical (unpaired) electrons. The molecular weight excluding hydrogens is 224 g/mol. The van der Waals surface area contributed by atoms with Gasteiger partial charge in [0.25, 0.3) is 0 Å². The number of aromatic amines is 1. The van der Waals surface area contributed by atoms with Crippen molar-refractivity contribution >= 4 is 12.2 Å². The molecule has 0 amide bonds. The van der Waals surface area contributed by atoms with Crippen LogP contribution in [0.4, 0.5) is 0 Å². The first kappa shape index (κ1) is 10.7. The van der Waals surface area contributed by atoms with Crippen LogP contribution in [0.2, 0.25) is 0 Å². The smallest absolute Gasteiger partial charge is 0.214 e. The van der Waals surface area contributed by atoms with Crippen molar-refractivity contribution in [3.8, 4) is 17.1 Å². The van der Waals surface area contributed by atoms with Crippen molar-refractivity contribution in [3.05, 3.63) is 29.0 Å². The van der Waals surface area contributed by atoms with Crippen LogP contribution in [0, 0.1) is 4.77 Å². The molecule has 6 heteroatoms. The van der Waals surface area contributed by atoms with E-state index in [1.54, 1.807) is 0 Å². The number of nitrogen functional groups attached to an aromatic ring is 1. The third-order valence-electron chi connectivity index (χ3n) is 2.11. The van der Waals surface area contributed by atoms with E-state index in [4.69, 9.17) is 22.8 Å². The lowest BCUT2D eigenvalue weighted by Crippen LogP contribution is -2.09. The highest BCUT2D eigenvalue weighted by molar-refractivity contribution is 7.71. The number of aromatic nitrogens is 3. The van der Waals surface area contributed by atoms with Crippen LogP contribution in [0.5, 0.6) is 5.75 Å². The van der Waals surface area contributed by atoms with Crippen LogP contribution < -0.4 is 10.6 Å². The zero-order valence-electron chi connectivity index (χ0n) is 8.80. The first-order valence-electron chi connectivity index (χ1n) is 4.88. The zero-order chi connectivity index (χ0) is 11.5. The summed E-state index contributed by atoms with van der Waals surface area (Å²) in [4.78, 5) is 0. The number of H-pyrrole nitrogens is 1. The molecule has 3 N–H and O–H groups in total. The third-order valence-corrected chi connectivity index (χ3v) is 2.40. The number of benzene rings is 1. The molecule has 1 heterocycles. The Morgan fingerprint density at radius 2 is 2.38 bits per heavy atom. The standard InChI is InChI=1S/C10H12N4OS/c1-2-15-8-5-3-4-7(6-8)9-12-13-10(16)14(9)11/h3-6H,2,11H2,1H3,(H,13,16). The second kappa shape index (κ2) is 4.36. The summed E-state index contributed by atoms with van der Waals surface area (Å²) >= 11 is 4.95. The first-order chi connectivity index (χ1) is 7.72. The highest BCUT2D eigenvalue weighted by atomic mass is 32.1. The van der Waals surface area contributed by atoms with Gasteiger partial charge >= 0.3 is 0 Å². The van der Waals surface area contributed by atoms with Gasteiger partial charge in [-0.05, 0) is 31.3 Å². The fourth-order valence-corrected chi connectivity index (χ4v) is 1.53. The van der Waals surface area contributed by atoms with Gasteiger partial charge < -0.3 is 10.6 Å². The van der Waals surface area contributed by atoms with Gasteiger partial charge in [0, 0.05) is 5.56 Å². The lowest BCUT2D eigenvalue weighted by molar-refractivity contribution is 0.340. The van der Waals surface area contributed by atoms with Crippen LogP contribution >= 0.6 is 12.2 Å². The lowest BCUT2D eigenvalue weighted by atomic mass is 10.2. The Morgan fingerprint density at radius 3 is 3.00 bits per heavy atom. The van der Waals surface area contributed by atoms with E-state index in [1.807, 2.05) is 31.2 Å². The van der Waals surface area contributed by atoms with Gasteiger partial charge in [-0.15, -0.1) is 0 Å². The average molecular weight is 236 g/mol. The van der Waals surface area contributed by atoms with Crippen LogP contribution in [0.15, 0.2) is 24.3 Å². The normalized spacial score (nSPS) is 10.3. The van der Waals surface area contributed by atoms with Crippen molar-refractivity contribution in [2.45, 2.75) is 6.92 Å². The van der Waals surface area contributed by atoms with Crippen LogP contribution in [0.3, 0.4) is 0 Å². The number of ether oxygens (including phenoxy) is 1. The summed E-state index contributed by atoms with van der Waals surface area (Å²) in [5.41, 5.74) is 0.862. The largest absolute Gasteiger partial charge is 0.494 e. The zero-order valence-corrected chi connectivity index (χ0v) is 9.62. The summed E-state index contributed by atoms with van der Waals surface area (Å²) in [6.07, 6.45) is 0. The molecule has 5 nitrogen and oxygen atoms in total. The summed E-state index contributed by atoms with van der Waals surface area (Å²) in [6.45, 7) is 2.56. The van der Waals surface area contributed by atoms with Gasteiger partial charge in [-0.2, -0.15) is 5.10 Å². The molecule has 1 aromatic carbocycles. The van der Waals surface area contributed by atoms with E-state index in [1.165, 1.54) is 4.68 Å². The van der Waals surface area contributed by atoms with E-state index in [0.717, 1.165) is 11.3 Å². The van der Waals surface area contributed by atoms with Crippen molar-refractivity contribution in [3.63, 3.8) is 0 Å². The van der Waals surface area contributed by atoms with Crippen molar-refractivity contribution < 1.29 is 4.74 Å². The highest BCUT2D eigenvalue weighted by Gasteiger charge is 2.06. The van der Waals surface area contributed by atoms with Crippen LogP contribution in [0.1, 0.15) is 6.92 Å². The van der Waals surface area contributed by atoms with Gasteiger partial charge in [0.05, 0.1) is 6.61 Å². The van der Waals surface area contributed by atoms with E-state index in [-0.39, 0.29) is 0 Å². The van der Waals surface area contributed by atoms with Gasteiger partial charge in [0.1, 0.15) is 5.75 Å². The van der Waals surface area contributed by atoms with E-state index < -0.39 is 0 Å². The molecular formula is C10H12N4OS. The van der Waals surface area contributed by atoms with Crippen molar-refractivity contribution in [2.75, 3.05) is 12.4 Å². The second-order valence-corrected chi connectivity index (χ2v) is 3.57. The van der Waals surface area contributed by atoms with Crippen molar-refractivity contribution in [1.29, 1.82) is 0 Å². The van der Waals surface area contributed by atoms with Gasteiger partial charge in [-0.1, -0.05) is 12.1 Å². The minimum atomic E-state index is 0.386. The van der Waals surface area contributed by atoms with Gasteiger partial charge in [0.2, 0.25) is 4.77 Å². The Kier molecular flexibility index (Phi) is 2.91. The second-order valence-electron chi connectivity index (χ2n) is 3.18. The molecule has 0 atom stereocenters. The number of nitrogens with zero attached hydrogens (tertiary/aromatic N) is 2. The Balaban J connectivity index is 2.44. The molecule has 2 rings (SSSR count). The molecule has 0 aliphatic rings. The Morgan fingerprint density at radius 1 is 1.56 bits per heavy atom. The fourth-order valence-electron chi connectivity index (χ4n) is 1.40. The van der Waals surface area contributed by atoms with Crippen LogP contribution in [-0.4, -0.2) is 21.5 Å². The Bertz CT molecular complexity index is 546. The maximum absolute atomic E-state index is 5.74. The average Bonchev–Trinajstić information content (AvgIpc) is 2.61. The van der Waals surface area contributed by atoms with Gasteiger partial charge in [-0.3, -0.25) is 0 Å². The van der Waals surface area contributed by atoms with E-state index in [0.29, 0.717) is 17.2 Å². The molecule has 84 valence electrons. The summed E-state index contributed by atoms with van der Waals surface area (Å²) in [7, 11) is 0. The molecule has 0 unspecified atom stereocenters. The molecule has 0 aliphatic heterocycles. The number of hydrogen-bond acceptors (Lipinski definition) is 4. The van der Waals surface area contributed by atoms with Crippen molar-refractivity contribution in [1.82, 2.24) is 14.9 Å². The maximum Gasteiger partial charge on any atom is 0.214 e. The summed E-state index contributed by atoms with van der Waals surface area (Å²) in [6, 6.07) is 7.54. The number of rotatable bonds is 3. The lowest BCUT2D eigenvalue weighted by Gasteiger charge is -2.05. The predicted octanol–water partition coefficient (Wildman–Crippen LogP) is 1.72. The Hall–Kier alpha value is -1.82. The maximum atomic E-state index is 5.74. The molecule has 0 saturated heterocycles. The quantitative estimate of drug-likeness (QED) is 0.629. The molecule has 16 heavy (non-hydrogen) atoms. The molecule has 0 fully saturated rings. The molecule has 0 bridgehead atoms. The van der Waals surface area contributed by atoms with Gasteiger partial charge in [0.15, 0.2) is 5.82 Å². The minimum Gasteiger partial charge on any atom is -0.494 e. The number of nitrogens with one attached hydrogen (secondary N) is 1. The minimum absolute atomic E-state index is 0.386. The van der Waals surface area contributed by atoms with Crippen LogP contribution in [0.25, 0.3) is 11.4 Å². The van der Waals surface area contributed by atoms with Crippen LogP contribution in [-0.2, 0) is 0 Å². The monoisotopic (exact) mass is 236 g/mol. The summed E-state index contributed by atoms with van der Waals surface area (Å²) < 4.78 is 7.12. The fraction of sp³-hybridized carbons (Fsp3) is 0.200. The first-order valence-corrected chi connectivity index (χ1v) is 5.29. The molecule has 1 aromatic heterocycles. The predicted molar refractivity (Wildman–Crippen MR) is 64.2 cm³/mol. The molecule has 0 aliphatic carbocycles. The summed E-state index contributed by atoms with van der Waals surface area (Å²) in [5, 5.41) is 6.69. The van der Waals surface area contributed by atoms with E-state index in [2.05, 4.69) is 10.2 Å².